The fourth-order valence-electron chi connectivity index (χ4n) is 1.09. The maximum absolute atomic E-state index is 12.0. The fourth-order valence-corrected chi connectivity index (χ4v) is 1.44. The van der Waals surface area contributed by atoms with Gasteiger partial charge >= 0.3 is 6.18 Å². The highest BCUT2D eigenvalue weighted by Crippen LogP contribution is 2.15. The maximum Gasteiger partial charge on any atom is 0.407 e. The van der Waals surface area contributed by atoms with E-state index in [9.17, 15) is 13.2 Å². The molecule has 110 valence electrons. The van der Waals surface area contributed by atoms with Gasteiger partial charge in [-0.15, -0.1) is 0 Å². The third-order valence-corrected chi connectivity index (χ3v) is 2.15. The molecule has 0 atom stereocenters. The smallest absolute Gasteiger partial charge is 0.291 e. The molecule has 0 N–H and O–H groups in total. The van der Waals surface area contributed by atoms with Gasteiger partial charge in [0.25, 0.3) is 0 Å². The zero-order valence-electron chi connectivity index (χ0n) is 11.1. The molecule has 2 nitrogen and oxygen atoms in total. The SMILES string of the molecule is C=C/C=C\C(C#CC/C=N\N(C)CC(F)(F)F)=C/CBr. The van der Waals surface area contributed by atoms with Crippen LogP contribution in [-0.4, -0.2) is 36.3 Å². The number of hydrogen-bond donors (Lipinski definition) is 0. The predicted octanol–water partition coefficient (Wildman–Crippen LogP) is 3.92. The Labute approximate surface area is 125 Å². The van der Waals surface area contributed by atoms with Crippen molar-refractivity contribution in [3.63, 3.8) is 0 Å². The number of hydrogen-bond acceptors (Lipinski definition) is 2. The molecule has 0 rings (SSSR count). The van der Waals surface area contributed by atoms with Gasteiger partial charge in [-0.25, -0.2) is 0 Å². The summed E-state index contributed by atoms with van der Waals surface area (Å²) >= 11 is 3.27. The van der Waals surface area contributed by atoms with Crippen LogP contribution in [0.1, 0.15) is 6.42 Å². The summed E-state index contributed by atoms with van der Waals surface area (Å²) in [6, 6.07) is 0. The topological polar surface area (TPSA) is 15.6 Å². The Bertz CT molecular complexity index is 440. The van der Waals surface area contributed by atoms with Crippen molar-refractivity contribution in [1.82, 2.24) is 5.01 Å². The van der Waals surface area contributed by atoms with Crippen LogP contribution in [0.2, 0.25) is 0 Å². The Morgan fingerprint density at radius 3 is 2.70 bits per heavy atom. The summed E-state index contributed by atoms with van der Waals surface area (Å²) in [7, 11) is 1.26. The molecule has 0 aliphatic carbocycles. The van der Waals surface area contributed by atoms with Crippen molar-refractivity contribution in [3.8, 4) is 11.8 Å². The van der Waals surface area contributed by atoms with Gasteiger partial charge in [0, 0.05) is 30.6 Å². The second-order valence-electron chi connectivity index (χ2n) is 3.64. The summed E-state index contributed by atoms with van der Waals surface area (Å²) in [5.41, 5.74) is 0.804. The van der Waals surface area contributed by atoms with Crippen LogP contribution in [-0.2, 0) is 0 Å². The first-order chi connectivity index (χ1) is 9.39. The van der Waals surface area contributed by atoms with Crippen molar-refractivity contribution in [2.75, 3.05) is 18.9 Å². The predicted molar refractivity (Wildman–Crippen MR) is 80.8 cm³/mol. The monoisotopic (exact) mass is 348 g/mol. The normalized spacial score (nSPS) is 12.6. The Kier molecular flexibility index (Phi) is 9.56. The fraction of sp³-hybridized carbons (Fsp3) is 0.357. The van der Waals surface area contributed by atoms with Gasteiger partial charge in [-0.1, -0.05) is 52.6 Å². The lowest BCUT2D eigenvalue weighted by molar-refractivity contribution is -0.142. The van der Waals surface area contributed by atoms with Crippen molar-refractivity contribution in [1.29, 1.82) is 0 Å². The van der Waals surface area contributed by atoms with Crippen LogP contribution < -0.4 is 0 Å². The molecule has 0 unspecified atom stereocenters. The zero-order valence-corrected chi connectivity index (χ0v) is 12.7. The van der Waals surface area contributed by atoms with Crippen molar-refractivity contribution >= 4 is 22.1 Å². The number of allylic oxidation sites excluding steroid dienone is 5. The van der Waals surface area contributed by atoms with Gasteiger partial charge in [-0.3, -0.25) is 5.01 Å². The van der Waals surface area contributed by atoms with Gasteiger partial charge in [0.05, 0.1) is 0 Å². The second-order valence-corrected chi connectivity index (χ2v) is 4.29. The minimum Gasteiger partial charge on any atom is -0.291 e. The molecule has 0 saturated heterocycles. The third kappa shape index (κ3) is 11.6. The molecular weight excluding hydrogens is 333 g/mol. The molecule has 0 aliphatic heterocycles. The van der Waals surface area contributed by atoms with Crippen LogP contribution >= 0.6 is 15.9 Å². The molecule has 0 saturated carbocycles. The summed E-state index contributed by atoms with van der Waals surface area (Å²) in [5, 5.41) is 5.13. The van der Waals surface area contributed by atoms with Crippen molar-refractivity contribution < 1.29 is 13.2 Å². The van der Waals surface area contributed by atoms with Crippen LogP contribution in [0.4, 0.5) is 13.2 Å². The number of nitrogens with zero attached hydrogens (tertiary/aromatic N) is 2. The molecule has 20 heavy (non-hydrogen) atoms. The Balaban J connectivity index is 4.35. The summed E-state index contributed by atoms with van der Waals surface area (Å²) in [5.74, 6) is 5.71. The number of alkyl halides is 4. The van der Waals surface area contributed by atoms with Crippen molar-refractivity contribution in [2.24, 2.45) is 5.10 Å². The van der Waals surface area contributed by atoms with E-state index in [4.69, 9.17) is 0 Å². The molecule has 0 heterocycles. The zero-order chi connectivity index (χ0) is 15.4. The Hall–Kier alpha value is -1.48. The van der Waals surface area contributed by atoms with E-state index in [2.05, 4.69) is 39.5 Å². The van der Waals surface area contributed by atoms with Crippen LogP contribution in [0.5, 0.6) is 0 Å². The number of halogens is 4. The van der Waals surface area contributed by atoms with E-state index >= 15 is 0 Å². The first kappa shape index (κ1) is 18.5. The molecule has 0 aromatic carbocycles. The number of hydrazone groups is 1. The first-order valence-electron chi connectivity index (χ1n) is 5.73. The van der Waals surface area contributed by atoms with Crippen LogP contribution in [0.15, 0.2) is 41.6 Å². The summed E-state index contributed by atoms with van der Waals surface area (Å²) in [4.78, 5) is 0. The summed E-state index contributed by atoms with van der Waals surface area (Å²) in [6.45, 7) is 2.48. The quantitative estimate of drug-likeness (QED) is 0.233. The highest BCUT2D eigenvalue weighted by Gasteiger charge is 2.28. The Morgan fingerprint density at radius 1 is 1.45 bits per heavy atom. The highest BCUT2D eigenvalue weighted by molar-refractivity contribution is 9.09. The average Bonchev–Trinajstić information content (AvgIpc) is 2.33. The number of rotatable bonds is 6. The van der Waals surface area contributed by atoms with E-state index in [0.29, 0.717) is 5.33 Å². The van der Waals surface area contributed by atoms with Gasteiger partial charge < -0.3 is 0 Å². The largest absolute Gasteiger partial charge is 0.407 e. The summed E-state index contributed by atoms with van der Waals surface area (Å²) < 4.78 is 36.1. The minimum atomic E-state index is -4.25. The lowest BCUT2D eigenvalue weighted by Crippen LogP contribution is -2.27. The molecule has 0 radical (unpaired) electrons. The standard InChI is InChI=1S/C14H16BrF3N2/c1-3-4-7-13(9-10-15)8-5-6-11-19-20(2)12-14(16,17)18/h3-4,7,9,11H,1,6,10,12H2,2H3/b7-4-,13-9+,19-11-. The molecule has 0 amide bonds. The van der Waals surface area contributed by atoms with Crippen molar-refractivity contribution in [2.45, 2.75) is 12.6 Å². The summed E-state index contributed by atoms with van der Waals surface area (Å²) in [6.07, 6.45) is 4.45. The first-order valence-corrected chi connectivity index (χ1v) is 6.85. The van der Waals surface area contributed by atoms with E-state index in [1.165, 1.54) is 13.3 Å². The third-order valence-electron chi connectivity index (χ3n) is 1.82. The van der Waals surface area contributed by atoms with E-state index in [-0.39, 0.29) is 6.42 Å². The average molecular weight is 349 g/mol. The molecule has 0 spiro atoms. The van der Waals surface area contributed by atoms with Gasteiger partial charge in [0.15, 0.2) is 0 Å². The molecular formula is C14H16BrF3N2. The molecule has 6 heteroatoms. The lowest BCUT2D eigenvalue weighted by Gasteiger charge is -2.14. The second kappa shape index (κ2) is 10.3. The van der Waals surface area contributed by atoms with E-state index < -0.39 is 12.7 Å². The van der Waals surface area contributed by atoms with Crippen molar-refractivity contribution in [3.05, 3.63) is 36.5 Å². The Morgan fingerprint density at radius 2 is 2.15 bits per heavy atom. The van der Waals surface area contributed by atoms with E-state index in [1.807, 2.05) is 6.08 Å². The minimum absolute atomic E-state index is 0.282. The van der Waals surface area contributed by atoms with E-state index in [1.54, 1.807) is 18.2 Å². The lowest BCUT2D eigenvalue weighted by atomic mass is 10.2. The molecule has 0 bridgehead atoms. The molecule has 0 aromatic heterocycles. The van der Waals surface area contributed by atoms with E-state index in [0.717, 1.165) is 10.6 Å². The molecule has 0 fully saturated rings. The van der Waals surface area contributed by atoms with Gasteiger partial charge in [-0.05, 0) is 6.08 Å². The van der Waals surface area contributed by atoms with Gasteiger partial charge in [-0.2, -0.15) is 18.3 Å². The van der Waals surface area contributed by atoms with Crippen LogP contribution in [0.3, 0.4) is 0 Å². The highest BCUT2D eigenvalue weighted by atomic mass is 79.9. The van der Waals surface area contributed by atoms with Crippen LogP contribution in [0.25, 0.3) is 0 Å². The maximum atomic E-state index is 12.0. The van der Waals surface area contributed by atoms with Crippen LogP contribution in [0, 0.1) is 11.8 Å². The molecule has 0 aliphatic rings. The van der Waals surface area contributed by atoms with Gasteiger partial charge in [0.2, 0.25) is 0 Å². The molecule has 0 aromatic rings. The van der Waals surface area contributed by atoms with Gasteiger partial charge in [0.1, 0.15) is 6.54 Å².